The molecule has 0 amide bonds. The maximum absolute atomic E-state index is 13.3. The Hall–Kier alpha value is -2.68. The molecule has 0 fully saturated rings. The van der Waals surface area contributed by atoms with Crippen LogP contribution in [-0.2, 0) is 4.74 Å². The number of thiazole rings is 1. The van der Waals surface area contributed by atoms with E-state index in [-0.39, 0.29) is 11.1 Å². The van der Waals surface area contributed by atoms with Crippen molar-refractivity contribution in [3.05, 3.63) is 55.8 Å². The predicted octanol–water partition coefficient (Wildman–Crippen LogP) is 2.48. The Morgan fingerprint density at radius 3 is 3.00 bits per heavy atom. The van der Waals surface area contributed by atoms with Crippen molar-refractivity contribution in [2.24, 2.45) is 4.99 Å². The second-order valence-corrected chi connectivity index (χ2v) is 4.98. The van der Waals surface area contributed by atoms with E-state index in [9.17, 15) is 19.3 Å². The molecule has 21 heavy (non-hydrogen) atoms. The van der Waals surface area contributed by atoms with Crippen LogP contribution in [0.1, 0.15) is 27.2 Å². The number of hydrogen-bond acceptors (Lipinski definition) is 7. The summed E-state index contributed by atoms with van der Waals surface area (Å²) < 4.78 is 18.3. The van der Waals surface area contributed by atoms with Gasteiger partial charge in [0.2, 0.25) is 6.23 Å². The van der Waals surface area contributed by atoms with Crippen molar-refractivity contribution in [3.8, 4) is 0 Å². The molecule has 3 rings (SSSR count). The first-order valence-corrected chi connectivity index (χ1v) is 6.55. The first kappa shape index (κ1) is 13.3. The van der Waals surface area contributed by atoms with Crippen molar-refractivity contribution >= 4 is 29.2 Å². The molecular weight excluding hydrogens is 301 g/mol. The molecule has 0 spiro atoms. The monoisotopic (exact) mass is 307 g/mol. The maximum atomic E-state index is 13.3. The molecule has 0 aliphatic carbocycles. The van der Waals surface area contributed by atoms with Crippen LogP contribution in [0.2, 0.25) is 0 Å². The zero-order valence-electron chi connectivity index (χ0n) is 10.2. The van der Waals surface area contributed by atoms with Gasteiger partial charge < -0.3 is 4.74 Å². The van der Waals surface area contributed by atoms with Gasteiger partial charge in [0.1, 0.15) is 16.4 Å². The standard InChI is InChI=1S/C12H6FN3O4S/c13-6-3-7-10(8(4-6)16(18)19)11(20-12(7)17)15-5-9-14-1-2-21-9/h1-5,11H. The molecule has 0 saturated heterocycles. The van der Waals surface area contributed by atoms with Crippen LogP contribution in [0, 0.1) is 15.9 Å². The van der Waals surface area contributed by atoms with Gasteiger partial charge in [-0.3, -0.25) is 10.1 Å². The molecule has 1 aromatic carbocycles. The third-order valence-corrected chi connectivity index (χ3v) is 3.49. The summed E-state index contributed by atoms with van der Waals surface area (Å²) >= 11 is 1.31. The summed E-state index contributed by atoms with van der Waals surface area (Å²) in [5, 5.41) is 13.3. The van der Waals surface area contributed by atoms with Crippen molar-refractivity contribution in [2.45, 2.75) is 6.23 Å². The van der Waals surface area contributed by atoms with Crippen molar-refractivity contribution in [3.63, 3.8) is 0 Å². The van der Waals surface area contributed by atoms with Crippen LogP contribution < -0.4 is 0 Å². The molecule has 1 aliphatic heterocycles. The quantitative estimate of drug-likeness (QED) is 0.376. The summed E-state index contributed by atoms with van der Waals surface area (Å²) in [5.41, 5.74) is -0.751. The number of esters is 1. The number of cyclic esters (lactones) is 1. The maximum Gasteiger partial charge on any atom is 0.341 e. The van der Waals surface area contributed by atoms with Crippen LogP contribution in [-0.4, -0.2) is 22.1 Å². The molecule has 106 valence electrons. The summed E-state index contributed by atoms with van der Waals surface area (Å²) in [6.45, 7) is 0. The molecule has 1 unspecified atom stereocenters. The number of fused-ring (bicyclic) bond motifs is 1. The van der Waals surface area contributed by atoms with Crippen LogP contribution in [0.4, 0.5) is 10.1 Å². The molecule has 7 nitrogen and oxygen atoms in total. The van der Waals surface area contributed by atoms with E-state index in [0.29, 0.717) is 5.01 Å². The van der Waals surface area contributed by atoms with Crippen LogP contribution in [0.25, 0.3) is 0 Å². The zero-order chi connectivity index (χ0) is 15.0. The van der Waals surface area contributed by atoms with Crippen LogP contribution in [0.5, 0.6) is 0 Å². The van der Waals surface area contributed by atoms with Gasteiger partial charge in [-0.1, -0.05) is 0 Å². The number of halogens is 1. The lowest BCUT2D eigenvalue weighted by Gasteiger charge is -2.04. The van der Waals surface area contributed by atoms with E-state index in [1.54, 1.807) is 11.6 Å². The second kappa shape index (κ2) is 5.02. The normalized spacial score (nSPS) is 17.0. The van der Waals surface area contributed by atoms with E-state index >= 15 is 0 Å². The van der Waals surface area contributed by atoms with E-state index in [0.717, 1.165) is 12.1 Å². The number of nitro groups is 1. The lowest BCUT2D eigenvalue weighted by molar-refractivity contribution is -0.386. The van der Waals surface area contributed by atoms with Crippen molar-refractivity contribution in [2.75, 3.05) is 0 Å². The van der Waals surface area contributed by atoms with E-state index in [1.165, 1.54) is 17.6 Å². The number of carbonyl (C=O) groups is 1. The Kier molecular flexibility index (Phi) is 3.18. The van der Waals surface area contributed by atoms with Crippen LogP contribution in [0.3, 0.4) is 0 Å². The number of nitrogens with zero attached hydrogens (tertiary/aromatic N) is 3. The van der Waals surface area contributed by atoms with Crippen LogP contribution in [0.15, 0.2) is 28.7 Å². The fourth-order valence-electron chi connectivity index (χ4n) is 1.94. The predicted molar refractivity (Wildman–Crippen MR) is 70.9 cm³/mol. The molecule has 0 radical (unpaired) electrons. The molecule has 2 aromatic rings. The van der Waals surface area contributed by atoms with Gasteiger partial charge in [-0.15, -0.1) is 11.3 Å². The average Bonchev–Trinajstić information content (AvgIpc) is 3.04. The number of benzene rings is 1. The van der Waals surface area contributed by atoms with E-state index in [4.69, 9.17) is 4.74 Å². The molecule has 2 heterocycles. The number of hydrogen-bond donors (Lipinski definition) is 0. The number of aromatic nitrogens is 1. The molecule has 1 aromatic heterocycles. The number of nitro benzene ring substituents is 1. The first-order valence-electron chi connectivity index (χ1n) is 5.68. The minimum absolute atomic E-state index is 0.0424. The van der Waals surface area contributed by atoms with Gasteiger partial charge in [-0.05, 0) is 6.07 Å². The smallest absolute Gasteiger partial charge is 0.341 e. The molecular formula is C12H6FN3O4S. The Bertz CT molecular complexity index is 760. The Balaban J connectivity index is 2.06. The molecule has 1 atom stereocenters. The summed E-state index contributed by atoms with van der Waals surface area (Å²) in [5.74, 6) is -1.71. The highest BCUT2D eigenvalue weighted by Crippen LogP contribution is 2.38. The highest BCUT2D eigenvalue weighted by Gasteiger charge is 2.38. The van der Waals surface area contributed by atoms with Gasteiger partial charge in [0.15, 0.2) is 0 Å². The average molecular weight is 307 g/mol. The third-order valence-electron chi connectivity index (χ3n) is 2.78. The largest absolute Gasteiger partial charge is 0.431 e. The van der Waals surface area contributed by atoms with Gasteiger partial charge in [0.05, 0.1) is 22.8 Å². The van der Waals surface area contributed by atoms with Gasteiger partial charge in [-0.2, -0.15) is 0 Å². The zero-order valence-corrected chi connectivity index (χ0v) is 11.0. The van der Waals surface area contributed by atoms with Gasteiger partial charge in [0.25, 0.3) is 5.69 Å². The highest BCUT2D eigenvalue weighted by molar-refractivity contribution is 7.11. The lowest BCUT2D eigenvalue weighted by Crippen LogP contribution is -2.00. The fourth-order valence-corrected chi connectivity index (χ4v) is 2.45. The Morgan fingerprint density at radius 1 is 1.52 bits per heavy atom. The minimum atomic E-state index is -1.17. The van der Waals surface area contributed by atoms with Crippen LogP contribution >= 0.6 is 11.3 Å². The summed E-state index contributed by atoms with van der Waals surface area (Å²) in [6.07, 6.45) is 1.75. The topological polar surface area (TPSA) is 94.7 Å². The Labute approximate surface area is 120 Å². The molecule has 0 N–H and O–H groups in total. The first-order chi connectivity index (χ1) is 10.1. The molecule has 0 saturated carbocycles. The van der Waals surface area contributed by atoms with Crippen molar-refractivity contribution in [1.29, 1.82) is 0 Å². The number of ether oxygens (including phenoxy) is 1. The fraction of sp³-hybridized carbons (Fsp3) is 0.0833. The summed E-state index contributed by atoms with van der Waals surface area (Å²) in [7, 11) is 0. The highest BCUT2D eigenvalue weighted by atomic mass is 32.1. The number of carbonyl (C=O) groups excluding carboxylic acids is 1. The Morgan fingerprint density at radius 2 is 2.33 bits per heavy atom. The second-order valence-electron chi connectivity index (χ2n) is 4.05. The number of rotatable bonds is 3. The summed E-state index contributed by atoms with van der Waals surface area (Å²) in [6, 6.07) is 1.65. The third kappa shape index (κ3) is 2.38. The molecule has 0 bridgehead atoms. The molecule has 9 heteroatoms. The van der Waals surface area contributed by atoms with E-state index in [1.807, 2.05) is 0 Å². The van der Waals surface area contributed by atoms with Crippen molar-refractivity contribution < 1.29 is 18.8 Å². The number of aliphatic imine (C=N–C) groups is 1. The lowest BCUT2D eigenvalue weighted by atomic mass is 10.1. The molecule has 1 aliphatic rings. The van der Waals surface area contributed by atoms with E-state index in [2.05, 4.69) is 9.98 Å². The van der Waals surface area contributed by atoms with Gasteiger partial charge in [0, 0.05) is 11.6 Å². The van der Waals surface area contributed by atoms with Crippen molar-refractivity contribution in [1.82, 2.24) is 4.98 Å². The van der Waals surface area contributed by atoms with E-state index < -0.39 is 28.6 Å². The minimum Gasteiger partial charge on any atom is -0.431 e. The summed E-state index contributed by atoms with van der Waals surface area (Å²) in [4.78, 5) is 29.8. The SMILES string of the molecule is O=C1OC(N=Cc2nccs2)c2c1cc(F)cc2[N+](=O)[O-]. The van der Waals surface area contributed by atoms with Gasteiger partial charge >= 0.3 is 5.97 Å². The van der Waals surface area contributed by atoms with Gasteiger partial charge in [-0.25, -0.2) is 19.2 Å².